The van der Waals surface area contributed by atoms with Crippen molar-refractivity contribution in [3.63, 3.8) is 0 Å². The second kappa shape index (κ2) is 14.1. The van der Waals surface area contributed by atoms with E-state index in [1.54, 1.807) is 12.1 Å². The molecule has 2 aliphatic carbocycles. The first kappa shape index (κ1) is 31.4. The summed E-state index contributed by atoms with van der Waals surface area (Å²) in [5.74, 6) is -4.08. The number of hydrogen-bond acceptors (Lipinski definition) is 0. The molecule has 0 unspecified atom stereocenters. The molecule has 0 amide bonds. The first-order valence-corrected chi connectivity index (χ1v) is 15.0. The molecule has 2 aliphatic rings. The highest BCUT2D eigenvalue weighted by atomic mass is 19.4. The lowest BCUT2D eigenvalue weighted by Crippen LogP contribution is -2.16. The number of benzene rings is 2. The van der Waals surface area contributed by atoms with Gasteiger partial charge in [-0.2, -0.15) is 13.2 Å². The summed E-state index contributed by atoms with van der Waals surface area (Å²) in [6.07, 6.45) is 5.61. The Morgan fingerprint density at radius 1 is 0.756 bits per heavy atom. The van der Waals surface area contributed by atoms with E-state index in [4.69, 9.17) is 0 Å². The molecule has 0 aliphatic heterocycles. The first-order chi connectivity index (χ1) is 19.6. The van der Waals surface area contributed by atoms with Gasteiger partial charge < -0.3 is 0 Å². The Kier molecular flexibility index (Phi) is 10.8. The van der Waals surface area contributed by atoms with Gasteiger partial charge in [0.15, 0.2) is 11.7 Å². The van der Waals surface area contributed by atoms with E-state index in [2.05, 4.69) is 6.92 Å². The summed E-state index contributed by atoms with van der Waals surface area (Å²) in [6, 6.07) is 10.5. The van der Waals surface area contributed by atoms with E-state index >= 15 is 8.78 Å². The maximum atomic E-state index is 15.1. The highest BCUT2D eigenvalue weighted by Gasteiger charge is 2.31. The van der Waals surface area contributed by atoms with Gasteiger partial charge in [-0.25, -0.2) is 17.6 Å². The molecule has 0 nitrogen and oxygen atoms in total. The van der Waals surface area contributed by atoms with E-state index in [0.29, 0.717) is 18.8 Å². The molecule has 0 aromatic heterocycles. The molecule has 224 valence electrons. The van der Waals surface area contributed by atoms with Crippen LogP contribution in [0.2, 0.25) is 0 Å². The largest absolute Gasteiger partial charge is 0.412 e. The van der Waals surface area contributed by atoms with Crippen LogP contribution in [0.5, 0.6) is 0 Å². The van der Waals surface area contributed by atoms with Gasteiger partial charge in [-0.1, -0.05) is 69.0 Å². The van der Waals surface area contributed by atoms with Gasteiger partial charge in [-0.3, -0.25) is 0 Å². The van der Waals surface area contributed by atoms with Crippen LogP contribution in [-0.2, 0) is 0 Å². The molecule has 2 aromatic rings. The van der Waals surface area contributed by atoms with E-state index in [1.807, 2.05) is 12.1 Å². The maximum absolute atomic E-state index is 15.1. The molecule has 0 saturated heterocycles. The smallest absolute Gasteiger partial charge is 0.212 e. The number of allylic oxidation sites excluding steroid dienone is 2. The minimum absolute atomic E-state index is 0.0937. The summed E-state index contributed by atoms with van der Waals surface area (Å²) in [4.78, 5) is 0. The topological polar surface area (TPSA) is 0 Å². The second-order valence-electron chi connectivity index (χ2n) is 11.8. The van der Waals surface area contributed by atoms with Crippen LogP contribution in [0.1, 0.15) is 118 Å². The molecule has 0 bridgehead atoms. The Balaban J connectivity index is 1.37. The average molecular weight is 581 g/mol. The quantitative estimate of drug-likeness (QED) is 0.157. The number of unbranched alkanes of at least 4 members (excludes halogenated alkanes) is 2. The minimum atomic E-state index is -4.72. The van der Waals surface area contributed by atoms with E-state index in [-0.39, 0.29) is 41.5 Å². The molecule has 2 fully saturated rings. The summed E-state index contributed by atoms with van der Waals surface area (Å²) in [5, 5.41) is 0. The minimum Gasteiger partial charge on any atom is -0.212 e. The number of alkyl halides is 3. The van der Waals surface area contributed by atoms with Crippen molar-refractivity contribution in [2.75, 3.05) is 0 Å². The van der Waals surface area contributed by atoms with E-state index in [1.165, 1.54) is 50.7 Å². The lowest BCUT2D eigenvalue weighted by molar-refractivity contribution is -0.0820. The molecule has 41 heavy (non-hydrogen) atoms. The fourth-order valence-corrected chi connectivity index (χ4v) is 6.57. The molecule has 4 rings (SSSR count). The molecule has 0 atom stereocenters. The lowest BCUT2D eigenvalue weighted by Gasteiger charge is -2.29. The summed E-state index contributed by atoms with van der Waals surface area (Å²) in [5.41, 5.74) is 1.29. The van der Waals surface area contributed by atoms with Gasteiger partial charge >= 0.3 is 6.18 Å². The highest BCUT2D eigenvalue weighted by Crippen LogP contribution is 2.42. The average Bonchev–Trinajstić information content (AvgIpc) is 2.96. The van der Waals surface area contributed by atoms with Crippen molar-refractivity contribution in [1.82, 2.24) is 0 Å². The Labute approximate surface area is 238 Å². The molecule has 0 radical (unpaired) electrons. The van der Waals surface area contributed by atoms with E-state index in [0.717, 1.165) is 30.4 Å². The summed E-state index contributed by atoms with van der Waals surface area (Å²) < 4.78 is 96.4. The fraction of sp³-hybridized carbons (Fsp3) is 0.529. The van der Waals surface area contributed by atoms with Crippen molar-refractivity contribution in [2.24, 2.45) is 11.8 Å². The van der Waals surface area contributed by atoms with Gasteiger partial charge in [0.1, 0.15) is 11.6 Å². The van der Waals surface area contributed by atoms with Crippen molar-refractivity contribution in [1.29, 1.82) is 0 Å². The molecule has 2 aromatic carbocycles. The van der Waals surface area contributed by atoms with Crippen molar-refractivity contribution in [2.45, 2.75) is 102 Å². The van der Waals surface area contributed by atoms with Crippen molar-refractivity contribution < 1.29 is 30.7 Å². The molecule has 7 heteroatoms. The third kappa shape index (κ3) is 8.48. The third-order valence-corrected chi connectivity index (χ3v) is 9.00. The van der Waals surface area contributed by atoms with Crippen LogP contribution in [0.25, 0.3) is 11.7 Å². The zero-order valence-corrected chi connectivity index (χ0v) is 23.6. The van der Waals surface area contributed by atoms with Crippen LogP contribution in [-0.4, -0.2) is 6.18 Å². The van der Waals surface area contributed by atoms with Gasteiger partial charge in [0.2, 0.25) is 0 Å². The SMILES string of the molecule is CCCCCC1CCC(c2ccc(C(F)=C(F)c3ccc(C4CCC(C(F)=CC(F)(F)F)CC4)c(F)c3)cc2)CC1. The Bertz CT molecular complexity index is 1190. The van der Waals surface area contributed by atoms with Gasteiger partial charge in [-0.15, -0.1) is 0 Å². The molecule has 0 heterocycles. The van der Waals surface area contributed by atoms with Gasteiger partial charge in [0.25, 0.3) is 0 Å². The zero-order chi connectivity index (χ0) is 29.6. The van der Waals surface area contributed by atoms with Crippen LogP contribution in [0.3, 0.4) is 0 Å². The van der Waals surface area contributed by atoms with Crippen LogP contribution >= 0.6 is 0 Å². The van der Waals surface area contributed by atoms with Crippen molar-refractivity contribution in [3.8, 4) is 0 Å². The molecule has 2 saturated carbocycles. The predicted molar refractivity (Wildman–Crippen MR) is 151 cm³/mol. The molecular formula is C34H39F7. The van der Waals surface area contributed by atoms with Crippen LogP contribution in [0.15, 0.2) is 54.4 Å². The van der Waals surface area contributed by atoms with Gasteiger partial charge in [-0.05, 0) is 86.3 Å². The van der Waals surface area contributed by atoms with Crippen LogP contribution in [0.4, 0.5) is 30.7 Å². The molecular weight excluding hydrogens is 541 g/mol. The van der Waals surface area contributed by atoms with Crippen LogP contribution in [0, 0.1) is 17.7 Å². The summed E-state index contributed by atoms with van der Waals surface area (Å²) in [7, 11) is 0. The number of rotatable bonds is 9. The standard InChI is InChI=1S/C34H39F7/c1-2-3-4-5-22-6-8-23(9-7-22)24-10-16-27(17-11-24)32(37)33(38)28-18-19-29(30(35)20-28)25-12-14-26(15-13-25)31(36)21-34(39,40)41/h10-11,16-23,25-26H,2-9,12-15H2,1H3. The summed E-state index contributed by atoms with van der Waals surface area (Å²) >= 11 is 0. The number of hydrogen-bond donors (Lipinski definition) is 0. The first-order valence-electron chi connectivity index (χ1n) is 15.0. The number of halogens is 7. The maximum Gasteiger partial charge on any atom is 0.412 e. The Morgan fingerprint density at radius 2 is 1.34 bits per heavy atom. The van der Waals surface area contributed by atoms with Crippen molar-refractivity contribution in [3.05, 3.63) is 82.4 Å². The summed E-state index contributed by atoms with van der Waals surface area (Å²) in [6.45, 7) is 2.21. The van der Waals surface area contributed by atoms with Gasteiger partial charge in [0, 0.05) is 17.0 Å². The second-order valence-corrected chi connectivity index (χ2v) is 11.8. The Morgan fingerprint density at radius 3 is 1.93 bits per heavy atom. The predicted octanol–water partition coefficient (Wildman–Crippen LogP) is 12.1. The van der Waals surface area contributed by atoms with E-state index in [9.17, 15) is 22.0 Å². The van der Waals surface area contributed by atoms with Gasteiger partial charge in [0.05, 0.1) is 6.08 Å². The normalized spacial score (nSPS) is 24.7. The monoisotopic (exact) mass is 580 g/mol. The third-order valence-electron chi connectivity index (χ3n) is 9.00. The zero-order valence-electron chi connectivity index (χ0n) is 23.6. The highest BCUT2D eigenvalue weighted by molar-refractivity contribution is 5.83. The molecule has 0 N–H and O–H groups in total. The van der Waals surface area contributed by atoms with E-state index < -0.39 is 35.4 Å². The fourth-order valence-electron chi connectivity index (χ4n) is 6.57. The van der Waals surface area contributed by atoms with Crippen LogP contribution < -0.4 is 0 Å². The Hall–Kier alpha value is -2.57. The lowest BCUT2D eigenvalue weighted by atomic mass is 9.77. The molecule has 0 spiro atoms. The van der Waals surface area contributed by atoms with Crippen molar-refractivity contribution >= 4 is 11.7 Å².